The van der Waals surface area contributed by atoms with E-state index in [0.717, 1.165) is 16.7 Å². The summed E-state index contributed by atoms with van der Waals surface area (Å²) in [5.41, 5.74) is 3.68. The maximum absolute atomic E-state index is 14.6. The van der Waals surface area contributed by atoms with E-state index in [1.807, 2.05) is 18.2 Å². The highest BCUT2D eigenvalue weighted by Crippen LogP contribution is 2.33. The maximum Gasteiger partial charge on any atom is 0.224 e. The summed E-state index contributed by atoms with van der Waals surface area (Å²) in [5, 5.41) is 7.35. The van der Waals surface area contributed by atoms with Gasteiger partial charge in [0.2, 0.25) is 5.91 Å². The van der Waals surface area contributed by atoms with Crippen LogP contribution >= 0.6 is 0 Å². The van der Waals surface area contributed by atoms with Gasteiger partial charge in [0.1, 0.15) is 5.82 Å². The van der Waals surface area contributed by atoms with Crippen LogP contribution in [0.2, 0.25) is 0 Å². The Morgan fingerprint density at radius 2 is 1.77 bits per heavy atom. The number of amides is 1. The van der Waals surface area contributed by atoms with Gasteiger partial charge in [-0.2, -0.15) is 5.10 Å². The fourth-order valence-corrected chi connectivity index (χ4v) is 3.29. The highest BCUT2D eigenvalue weighted by Gasteiger charge is 2.17. The van der Waals surface area contributed by atoms with Gasteiger partial charge in [0.05, 0.1) is 24.9 Å². The molecular formula is C23H20FN5O. The number of carbonyl (C=O) groups is 1. The number of nitrogens with one attached hydrogen (secondary N) is 1. The van der Waals surface area contributed by atoms with E-state index in [9.17, 15) is 9.18 Å². The number of pyridine rings is 2. The number of benzene rings is 1. The predicted octanol–water partition coefficient (Wildman–Crippen LogP) is 3.51. The lowest BCUT2D eigenvalue weighted by molar-refractivity contribution is -0.120. The second-order valence-electron chi connectivity index (χ2n) is 6.73. The maximum atomic E-state index is 14.6. The van der Waals surface area contributed by atoms with Crippen molar-refractivity contribution in [1.82, 2.24) is 25.1 Å². The molecule has 0 fully saturated rings. The number of nitrogens with zero attached hydrogens (tertiary/aromatic N) is 4. The molecule has 0 aliphatic heterocycles. The van der Waals surface area contributed by atoms with Crippen LogP contribution < -0.4 is 5.32 Å². The van der Waals surface area contributed by atoms with Gasteiger partial charge in [-0.15, -0.1) is 0 Å². The molecule has 1 aromatic carbocycles. The molecule has 0 saturated heterocycles. The standard InChI is InChI=1S/C23H20FN5O/c24-21-6-2-1-5-19(21)23-20(18-7-10-25-11-8-18)16-28-29(23)13-12-27-22(30)14-17-4-3-9-26-15-17/h1-11,15-16H,12-14H2,(H,27,30). The topological polar surface area (TPSA) is 72.7 Å². The Bertz CT molecular complexity index is 1130. The molecule has 0 bridgehead atoms. The van der Waals surface area contributed by atoms with E-state index in [0.29, 0.717) is 24.3 Å². The third-order valence-electron chi connectivity index (χ3n) is 4.69. The molecule has 4 aromatic rings. The molecule has 1 N–H and O–H groups in total. The zero-order chi connectivity index (χ0) is 20.8. The van der Waals surface area contributed by atoms with Crippen LogP contribution in [0.25, 0.3) is 22.4 Å². The molecule has 6 nitrogen and oxygen atoms in total. The molecule has 7 heteroatoms. The smallest absolute Gasteiger partial charge is 0.224 e. The van der Waals surface area contributed by atoms with Crippen LogP contribution in [0.4, 0.5) is 4.39 Å². The summed E-state index contributed by atoms with van der Waals surface area (Å²) in [5.74, 6) is -0.424. The molecule has 0 radical (unpaired) electrons. The number of carbonyl (C=O) groups excluding carboxylic acids is 1. The number of halogens is 1. The molecule has 0 spiro atoms. The normalized spacial score (nSPS) is 10.7. The van der Waals surface area contributed by atoms with Crippen molar-refractivity contribution < 1.29 is 9.18 Å². The average molecular weight is 401 g/mol. The van der Waals surface area contributed by atoms with E-state index >= 15 is 0 Å². The zero-order valence-corrected chi connectivity index (χ0v) is 16.2. The van der Waals surface area contributed by atoms with Gasteiger partial charge in [0.15, 0.2) is 0 Å². The lowest BCUT2D eigenvalue weighted by Crippen LogP contribution is -2.29. The second kappa shape index (κ2) is 9.09. The molecule has 3 heterocycles. The quantitative estimate of drug-likeness (QED) is 0.514. The molecule has 0 aliphatic rings. The highest BCUT2D eigenvalue weighted by atomic mass is 19.1. The molecule has 4 rings (SSSR count). The minimum Gasteiger partial charge on any atom is -0.354 e. The Labute approximate surface area is 173 Å². The fraction of sp³-hybridized carbons (Fsp3) is 0.130. The Morgan fingerprint density at radius 1 is 0.933 bits per heavy atom. The molecule has 0 saturated carbocycles. The summed E-state index contributed by atoms with van der Waals surface area (Å²) >= 11 is 0. The summed E-state index contributed by atoms with van der Waals surface area (Å²) < 4.78 is 16.3. The molecule has 1 amide bonds. The van der Waals surface area contributed by atoms with Crippen LogP contribution in [0.3, 0.4) is 0 Å². The van der Waals surface area contributed by atoms with Gasteiger partial charge in [-0.25, -0.2) is 4.39 Å². The van der Waals surface area contributed by atoms with Crippen LogP contribution in [-0.2, 0) is 17.8 Å². The van der Waals surface area contributed by atoms with Crippen molar-refractivity contribution in [3.63, 3.8) is 0 Å². The average Bonchev–Trinajstić information content (AvgIpc) is 3.19. The molecular weight excluding hydrogens is 381 g/mol. The summed E-state index contributed by atoms with van der Waals surface area (Å²) in [6, 6.07) is 14.0. The Kier molecular flexibility index (Phi) is 5.89. The lowest BCUT2D eigenvalue weighted by Gasteiger charge is -2.12. The molecule has 3 aromatic heterocycles. The third kappa shape index (κ3) is 4.41. The number of rotatable bonds is 7. The SMILES string of the molecule is O=C(Cc1cccnc1)NCCn1ncc(-c2ccncc2)c1-c1ccccc1F. The van der Waals surface area contributed by atoms with Crippen molar-refractivity contribution in [2.24, 2.45) is 0 Å². The Morgan fingerprint density at radius 3 is 2.53 bits per heavy atom. The van der Waals surface area contributed by atoms with Crippen molar-refractivity contribution in [2.75, 3.05) is 6.54 Å². The van der Waals surface area contributed by atoms with Crippen molar-refractivity contribution in [1.29, 1.82) is 0 Å². The van der Waals surface area contributed by atoms with E-state index in [-0.39, 0.29) is 18.1 Å². The number of aromatic nitrogens is 4. The van der Waals surface area contributed by atoms with E-state index in [2.05, 4.69) is 20.4 Å². The van der Waals surface area contributed by atoms with Gasteiger partial charge >= 0.3 is 0 Å². The first kappa shape index (κ1) is 19.4. The van der Waals surface area contributed by atoms with Crippen LogP contribution in [0.1, 0.15) is 5.56 Å². The molecule has 0 unspecified atom stereocenters. The van der Waals surface area contributed by atoms with Crippen molar-refractivity contribution in [2.45, 2.75) is 13.0 Å². The zero-order valence-electron chi connectivity index (χ0n) is 16.2. The minimum absolute atomic E-state index is 0.100. The van der Waals surface area contributed by atoms with Gasteiger partial charge in [-0.05, 0) is 41.5 Å². The monoisotopic (exact) mass is 401 g/mol. The third-order valence-corrected chi connectivity index (χ3v) is 4.69. The summed E-state index contributed by atoms with van der Waals surface area (Å²) in [6.45, 7) is 0.783. The first-order valence-corrected chi connectivity index (χ1v) is 9.59. The first-order chi connectivity index (χ1) is 14.7. The van der Waals surface area contributed by atoms with E-state index < -0.39 is 0 Å². The van der Waals surface area contributed by atoms with Crippen LogP contribution in [0, 0.1) is 5.82 Å². The molecule has 30 heavy (non-hydrogen) atoms. The van der Waals surface area contributed by atoms with Gasteiger partial charge in [-0.1, -0.05) is 18.2 Å². The van der Waals surface area contributed by atoms with Crippen LogP contribution in [0.5, 0.6) is 0 Å². The van der Waals surface area contributed by atoms with Gasteiger partial charge < -0.3 is 5.32 Å². The van der Waals surface area contributed by atoms with E-state index in [4.69, 9.17) is 0 Å². The van der Waals surface area contributed by atoms with Gasteiger partial charge in [-0.3, -0.25) is 19.4 Å². The largest absolute Gasteiger partial charge is 0.354 e. The first-order valence-electron chi connectivity index (χ1n) is 9.59. The second-order valence-corrected chi connectivity index (χ2v) is 6.73. The van der Waals surface area contributed by atoms with Crippen molar-refractivity contribution >= 4 is 5.91 Å². The van der Waals surface area contributed by atoms with E-state index in [1.165, 1.54) is 6.07 Å². The minimum atomic E-state index is -0.324. The number of hydrogen-bond donors (Lipinski definition) is 1. The number of hydrogen-bond acceptors (Lipinski definition) is 4. The summed E-state index contributed by atoms with van der Waals surface area (Å²) in [6.07, 6.45) is 8.70. The predicted molar refractivity (Wildman–Crippen MR) is 112 cm³/mol. The van der Waals surface area contributed by atoms with Crippen LogP contribution in [-0.4, -0.2) is 32.2 Å². The highest BCUT2D eigenvalue weighted by molar-refractivity contribution is 5.81. The van der Waals surface area contributed by atoms with E-state index in [1.54, 1.807) is 59.9 Å². The van der Waals surface area contributed by atoms with Gasteiger partial charge in [0.25, 0.3) is 0 Å². The summed E-state index contributed by atoms with van der Waals surface area (Å²) in [4.78, 5) is 20.3. The van der Waals surface area contributed by atoms with Crippen molar-refractivity contribution in [3.05, 3.63) is 90.9 Å². The molecule has 0 atom stereocenters. The Hall–Kier alpha value is -3.87. The Balaban J connectivity index is 1.54. The van der Waals surface area contributed by atoms with Gasteiger partial charge in [0, 0.05) is 42.5 Å². The molecule has 150 valence electrons. The van der Waals surface area contributed by atoms with Crippen molar-refractivity contribution in [3.8, 4) is 22.4 Å². The lowest BCUT2D eigenvalue weighted by atomic mass is 10.0. The van der Waals surface area contributed by atoms with Crippen LogP contribution in [0.15, 0.2) is 79.5 Å². The molecule has 0 aliphatic carbocycles. The fourth-order valence-electron chi connectivity index (χ4n) is 3.29. The summed E-state index contributed by atoms with van der Waals surface area (Å²) in [7, 11) is 0.